The summed E-state index contributed by atoms with van der Waals surface area (Å²) < 4.78 is 6.67. The maximum absolute atomic E-state index is 12.1. The van der Waals surface area contributed by atoms with E-state index in [0.717, 1.165) is 28.0 Å². The molecule has 0 saturated carbocycles. The van der Waals surface area contributed by atoms with Crippen molar-refractivity contribution in [1.29, 1.82) is 0 Å². The molecule has 0 aliphatic carbocycles. The van der Waals surface area contributed by atoms with E-state index < -0.39 is 0 Å². The molecule has 4 nitrogen and oxygen atoms in total. The lowest BCUT2D eigenvalue weighted by Crippen LogP contribution is -2.20. The van der Waals surface area contributed by atoms with Gasteiger partial charge in [0.25, 0.3) is 5.91 Å². The van der Waals surface area contributed by atoms with Crippen molar-refractivity contribution in [3.63, 3.8) is 0 Å². The zero-order chi connectivity index (χ0) is 17.6. The van der Waals surface area contributed by atoms with E-state index >= 15 is 0 Å². The van der Waals surface area contributed by atoms with Crippen LogP contribution in [0.4, 0.5) is 5.13 Å². The van der Waals surface area contributed by atoms with Crippen LogP contribution in [-0.2, 0) is 11.2 Å². The molecule has 0 saturated heterocycles. The van der Waals surface area contributed by atoms with Crippen molar-refractivity contribution in [3.8, 4) is 5.75 Å². The van der Waals surface area contributed by atoms with Crippen LogP contribution in [0, 0.1) is 6.92 Å². The molecule has 2 aromatic carbocycles. The fourth-order valence-corrected chi connectivity index (χ4v) is 3.52. The Morgan fingerprint density at radius 2 is 2.08 bits per heavy atom. The molecule has 0 unspecified atom stereocenters. The Balaban J connectivity index is 1.62. The van der Waals surface area contributed by atoms with Gasteiger partial charge in [0.05, 0.1) is 10.2 Å². The number of aryl methyl sites for hydroxylation is 2. The highest BCUT2D eigenvalue weighted by atomic mass is 32.1. The number of nitrogens with zero attached hydrogens (tertiary/aromatic N) is 1. The number of anilines is 1. The smallest absolute Gasteiger partial charge is 0.264 e. The number of unbranched alkanes of at least 4 members (excludes halogenated alkanes) is 1. The summed E-state index contributed by atoms with van der Waals surface area (Å²) >= 11 is 1.50. The summed E-state index contributed by atoms with van der Waals surface area (Å²) in [5, 5.41) is 3.44. The first-order chi connectivity index (χ1) is 12.2. The highest BCUT2D eigenvalue weighted by molar-refractivity contribution is 7.22. The maximum Gasteiger partial charge on any atom is 0.264 e. The van der Waals surface area contributed by atoms with E-state index in [1.165, 1.54) is 29.7 Å². The zero-order valence-corrected chi connectivity index (χ0v) is 15.4. The fraction of sp³-hybridized carbons (Fsp3) is 0.300. The monoisotopic (exact) mass is 354 g/mol. The lowest BCUT2D eigenvalue weighted by molar-refractivity contribution is -0.118. The molecule has 1 heterocycles. The highest BCUT2D eigenvalue weighted by Crippen LogP contribution is 2.27. The van der Waals surface area contributed by atoms with Gasteiger partial charge >= 0.3 is 0 Å². The van der Waals surface area contributed by atoms with Crippen LogP contribution in [0.25, 0.3) is 10.2 Å². The number of carbonyl (C=O) groups is 1. The second-order valence-electron chi connectivity index (χ2n) is 6.03. The first-order valence-corrected chi connectivity index (χ1v) is 9.35. The number of fused-ring (bicyclic) bond motifs is 1. The van der Waals surface area contributed by atoms with Crippen molar-refractivity contribution in [3.05, 3.63) is 53.6 Å². The molecule has 130 valence electrons. The fourth-order valence-electron chi connectivity index (χ4n) is 2.58. The second-order valence-corrected chi connectivity index (χ2v) is 7.06. The van der Waals surface area contributed by atoms with E-state index in [9.17, 15) is 4.79 Å². The van der Waals surface area contributed by atoms with Crippen LogP contribution in [0.1, 0.15) is 30.9 Å². The highest BCUT2D eigenvalue weighted by Gasteiger charge is 2.10. The molecular weight excluding hydrogens is 332 g/mol. The third-order valence-electron chi connectivity index (χ3n) is 3.97. The number of amides is 1. The molecule has 0 radical (unpaired) electrons. The largest absolute Gasteiger partial charge is 0.483 e. The number of hydrogen-bond acceptors (Lipinski definition) is 4. The average molecular weight is 354 g/mol. The van der Waals surface area contributed by atoms with Gasteiger partial charge in [-0.2, -0.15) is 0 Å². The molecule has 1 amide bonds. The minimum absolute atomic E-state index is 0.0253. The first-order valence-electron chi connectivity index (χ1n) is 8.53. The molecule has 5 heteroatoms. The van der Waals surface area contributed by atoms with Gasteiger partial charge in [-0.3, -0.25) is 10.1 Å². The Morgan fingerprint density at radius 3 is 2.88 bits per heavy atom. The number of para-hydroxylation sites is 1. The van der Waals surface area contributed by atoms with E-state index in [1.54, 1.807) is 0 Å². The van der Waals surface area contributed by atoms with Gasteiger partial charge in [-0.1, -0.05) is 48.9 Å². The predicted octanol–water partition coefficient (Wildman–Crippen LogP) is 4.96. The number of aromatic nitrogens is 1. The van der Waals surface area contributed by atoms with Crippen molar-refractivity contribution >= 4 is 32.6 Å². The van der Waals surface area contributed by atoms with Crippen LogP contribution in [0.15, 0.2) is 42.5 Å². The van der Waals surface area contributed by atoms with Crippen LogP contribution in [0.3, 0.4) is 0 Å². The van der Waals surface area contributed by atoms with Gasteiger partial charge in [0.1, 0.15) is 5.75 Å². The molecule has 0 fully saturated rings. The molecule has 25 heavy (non-hydrogen) atoms. The van der Waals surface area contributed by atoms with Crippen molar-refractivity contribution in [2.24, 2.45) is 0 Å². The van der Waals surface area contributed by atoms with Gasteiger partial charge in [-0.25, -0.2) is 4.98 Å². The molecule has 0 bridgehead atoms. The van der Waals surface area contributed by atoms with Crippen molar-refractivity contribution < 1.29 is 9.53 Å². The summed E-state index contributed by atoms with van der Waals surface area (Å²) in [6, 6.07) is 14.0. The Labute approximate surface area is 151 Å². The van der Waals surface area contributed by atoms with E-state index in [0.29, 0.717) is 5.13 Å². The molecule has 0 aliphatic rings. The molecule has 0 spiro atoms. The third kappa shape index (κ3) is 4.57. The molecule has 3 rings (SSSR count). The van der Waals surface area contributed by atoms with E-state index in [2.05, 4.69) is 29.4 Å². The van der Waals surface area contributed by atoms with E-state index in [4.69, 9.17) is 4.74 Å². The van der Waals surface area contributed by atoms with Crippen LogP contribution in [-0.4, -0.2) is 17.5 Å². The Bertz CT molecular complexity index is 873. The lowest BCUT2D eigenvalue weighted by Gasteiger charge is -2.07. The van der Waals surface area contributed by atoms with E-state index in [-0.39, 0.29) is 12.5 Å². The number of hydrogen-bond donors (Lipinski definition) is 1. The van der Waals surface area contributed by atoms with Crippen molar-refractivity contribution in [1.82, 2.24) is 4.98 Å². The topological polar surface area (TPSA) is 51.2 Å². The molecule has 0 aliphatic heterocycles. The van der Waals surface area contributed by atoms with Crippen molar-refractivity contribution in [2.45, 2.75) is 33.1 Å². The van der Waals surface area contributed by atoms with Crippen LogP contribution in [0.2, 0.25) is 0 Å². The summed E-state index contributed by atoms with van der Waals surface area (Å²) in [5.41, 5.74) is 3.24. The number of thiazole rings is 1. The van der Waals surface area contributed by atoms with Gasteiger partial charge in [-0.15, -0.1) is 0 Å². The predicted molar refractivity (Wildman–Crippen MR) is 104 cm³/mol. The molecular formula is C20H22N2O2S. The van der Waals surface area contributed by atoms with Gasteiger partial charge in [0.2, 0.25) is 0 Å². The van der Waals surface area contributed by atoms with Crippen LogP contribution >= 0.6 is 11.3 Å². The zero-order valence-electron chi connectivity index (χ0n) is 14.5. The maximum atomic E-state index is 12.1. The summed E-state index contributed by atoms with van der Waals surface area (Å²) in [4.78, 5) is 16.6. The Hall–Kier alpha value is -2.40. The first kappa shape index (κ1) is 17.4. The molecule has 0 atom stereocenters. The minimum atomic E-state index is -0.200. The van der Waals surface area contributed by atoms with Crippen LogP contribution < -0.4 is 10.1 Å². The standard InChI is InChI=1S/C20H22N2O2S/c1-3-4-8-15-10-11-16-18(12-15)25-20(21-16)22-19(23)13-24-17-9-6-5-7-14(17)2/h5-7,9-12H,3-4,8,13H2,1-2H3,(H,21,22,23). The average Bonchev–Trinajstić information content (AvgIpc) is 3.00. The minimum Gasteiger partial charge on any atom is -0.483 e. The number of benzene rings is 2. The summed E-state index contributed by atoms with van der Waals surface area (Å²) in [5.74, 6) is 0.524. The number of rotatable bonds is 7. The molecule has 3 aromatic rings. The summed E-state index contributed by atoms with van der Waals surface area (Å²) in [6.45, 7) is 4.12. The summed E-state index contributed by atoms with van der Waals surface area (Å²) in [7, 11) is 0. The van der Waals surface area contributed by atoms with Gasteiger partial charge in [0.15, 0.2) is 11.7 Å². The number of carbonyl (C=O) groups excluding carboxylic acids is 1. The molecule has 1 N–H and O–H groups in total. The number of ether oxygens (including phenoxy) is 1. The second kappa shape index (κ2) is 8.12. The Kier molecular flexibility index (Phi) is 5.66. The number of nitrogens with one attached hydrogen (secondary N) is 1. The van der Waals surface area contributed by atoms with E-state index in [1.807, 2.05) is 37.3 Å². The van der Waals surface area contributed by atoms with Gasteiger partial charge in [0, 0.05) is 0 Å². The summed E-state index contributed by atoms with van der Waals surface area (Å²) in [6.07, 6.45) is 3.45. The van der Waals surface area contributed by atoms with Gasteiger partial charge in [-0.05, 0) is 49.1 Å². The Morgan fingerprint density at radius 1 is 1.24 bits per heavy atom. The normalized spacial score (nSPS) is 10.8. The third-order valence-corrected chi connectivity index (χ3v) is 4.90. The lowest BCUT2D eigenvalue weighted by atomic mass is 10.1. The van der Waals surface area contributed by atoms with Crippen molar-refractivity contribution in [2.75, 3.05) is 11.9 Å². The quantitative estimate of drug-likeness (QED) is 0.652. The van der Waals surface area contributed by atoms with Crippen LogP contribution in [0.5, 0.6) is 5.75 Å². The SMILES string of the molecule is CCCCc1ccc2nc(NC(=O)COc3ccccc3C)sc2c1. The van der Waals surface area contributed by atoms with Gasteiger partial charge < -0.3 is 4.74 Å². The molecule has 1 aromatic heterocycles.